The molecule has 0 aromatic heterocycles. The molecule has 108 valence electrons. The molecule has 1 aliphatic carbocycles. The zero-order valence-corrected chi connectivity index (χ0v) is 12.7. The Morgan fingerprint density at radius 3 is 1.90 bits per heavy atom. The van der Waals surface area contributed by atoms with E-state index in [1.165, 1.54) is 22.3 Å². The van der Waals surface area contributed by atoms with Crippen molar-refractivity contribution in [3.05, 3.63) is 70.8 Å². The Balaban J connectivity index is 2.12. The van der Waals surface area contributed by atoms with E-state index in [1.54, 1.807) is 0 Å². The highest BCUT2D eigenvalue weighted by atomic mass is 16.2. The lowest BCUT2D eigenvalue weighted by Gasteiger charge is -2.31. The average molecular weight is 279 g/mol. The summed E-state index contributed by atoms with van der Waals surface area (Å²) in [6, 6.07) is 16.7. The maximum Gasteiger partial charge on any atom is 0.234 e. The summed E-state index contributed by atoms with van der Waals surface area (Å²) < 4.78 is 0. The number of fused-ring (bicyclic) bond motifs is 2. The molecule has 0 atom stereocenters. The fraction of sp³-hybridized carbons (Fsp3) is 0.316. The summed E-state index contributed by atoms with van der Waals surface area (Å²) in [6.07, 6.45) is 0.925. The predicted octanol–water partition coefficient (Wildman–Crippen LogP) is 3.59. The van der Waals surface area contributed by atoms with Crippen molar-refractivity contribution in [3.63, 3.8) is 0 Å². The van der Waals surface area contributed by atoms with Crippen molar-refractivity contribution < 1.29 is 4.79 Å². The van der Waals surface area contributed by atoms with Crippen LogP contribution in [0.2, 0.25) is 0 Å². The van der Waals surface area contributed by atoms with Crippen LogP contribution in [0.1, 0.15) is 42.0 Å². The van der Waals surface area contributed by atoms with Crippen molar-refractivity contribution in [2.24, 2.45) is 0 Å². The molecule has 1 amide bonds. The van der Waals surface area contributed by atoms with Gasteiger partial charge < -0.3 is 4.90 Å². The van der Waals surface area contributed by atoms with Gasteiger partial charge >= 0.3 is 0 Å². The molecule has 0 bridgehead atoms. The molecule has 0 N–H and O–H groups in total. The van der Waals surface area contributed by atoms with Crippen molar-refractivity contribution in [1.29, 1.82) is 0 Å². The first-order valence-corrected chi connectivity index (χ1v) is 7.70. The van der Waals surface area contributed by atoms with Gasteiger partial charge in [0.15, 0.2) is 0 Å². The smallest absolute Gasteiger partial charge is 0.234 e. The Bertz CT molecular complexity index is 613. The molecule has 0 saturated heterocycles. The minimum absolute atomic E-state index is 0.147. The quantitative estimate of drug-likeness (QED) is 0.841. The Morgan fingerprint density at radius 1 is 0.952 bits per heavy atom. The number of nitrogens with zero attached hydrogens (tertiary/aromatic N) is 1. The second kappa shape index (κ2) is 5.72. The molecule has 3 rings (SSSR count). The Kier molecular flexibility index (Phi) is 3.78. The SMILES string of the molecule is CCN(CC)C(=O)C1c2ccccc2Cc2ccccc21. The second-order valence-corrected chi connectivity index (χ2v) is 5.52. The lowest BCUT2D eigenvalue weighted by Crippen LogP contribution is -2.37. The lowest BCUT2D eigenvalue weighted by molar-refractivity contribution is -0.131. The van der Waals surface area contributed by atoms with E-state index < -0.39 is 0 Å². The van der Waals surface area contributed by atoms with Crippen LogP contribution < -0.4 is 0 Å². The van der Waals surface area contributed by atoms with Crippen LogP contribution >= 0.6 is 0 Å². The number of hydrogen-bond acceptors (Lipinski definition) is 1. The van der Waals surface area contributed by atoms with Gasteiger partial charge in [0, 0.05) is 13.1 Å². The maximum atomic E-state index is 13.0. The molecule has 2 nitrogen and oxygen atoms in total. The molecule has 0 heterocycles. The highest BCUT2D eigenvalue weighted by Crippen LogP contribution is 2.37. The van der Waals surface area contributed by atoms with E-state index in [1.807, 2.05) is 30.9 Å². The Morgan fingerprint density at radius 2 is 1.43 bits per heavy atom. The van der Waals surface area contributed by atoms with Crippen LogP contribution in [0.3, 0.4) is 0 Å². The van der Waals surface area contributed by atoms with Crippen LogP contribution in [-0.2, 0) is 11.2 Å². The molecule has 0 fully saturated rings. The normalized spacial score (nSPS) is 13.4. The van der Waals surface area contributed by atoms with Crippen molar-refractivity contribution in [2.45, 2.75) is 26.2 Å². The van der Waals surface area contributed by atoms with E-state index in [0.29, 0.717) is 0 Å². The number of amides is 1. The summed E-state index contributed by atoms with van der Waals surface area (Å²) >= 11 is 0. The van der Waals surface area contributed by atoms with Crippen LogP contribution in [0.25, 0.3) is 0 Å². The third-order valence-electron chi connectivity index (χ3n) is 4.44. The van der Waals surface area contributed by atoms with Gasteiger partial charge in [0.05, 0.1) is 5.92 Å². The van der Waals surface area contributed by atoms with E-state index in [2.05, 4.69) is 36.4 Å². The van der Waals surface area contributed by atoms with Crippen molar-refractivity contribution >= 4 is 5.91 Å². The predicted molar refractivity (Wildman–Crippen MR) is 85.5 cm³/mol. The number of rotatable bonds is 3. The second-order valence-electron chi connectivity index (χ2n) is 5.52. The molecule has 0 radical (unpaired) electrons. The van der Waals surface area contributed by atoms with Gasteiger partial charge in [-0.1, -0.05) is 48.5 Å². The van der Waals surface area contributed by atoms with Gasteiger partial charge in [-0.3, -0.25) is 4.79 Å². The molecule has 2 aromatic rings. The summed E-state index contributed by atoms with van der Waals surface area (Å²) in [5.41, 5.74) is 4.91. The molecular formula is C19H21NO. The molecule has 0 unspecified atom stereocenters. The van der Waals surface area contributed by atoms with Crippen LogP contribution in [-0.4, -0.2) is 23.9 Å². The molecular weight excluding hydrogens is 258 g/mol. The zero-order chi connectivity index (χ0) is 14.8. The van der Waals surface area contributed by atoms with E-state index in [4.69, 9.17) is 0 Å². The van der Waals surface area contributed by atoms with E-state index in [0.717, 1.165) is 19.5 Å². The van der Waals surface area contributed by atoms with Gasteiger partial charge in [0.25, 0.3) is 0 Å². The number of hydrogen-bond donors (Lipinski definition) is 0. The summed E-state index contributed by atoms with van der Waals surface area (Å²) in [6.45, 7) is 5.61. The third-order valence-corrected chi connectivity index (χ3v) is 4.44. The summed E-state index contributed by atoms with van der Waals surface area (Å²) in [4.78, 5) is 14.9. The standard InChI is InChI=1S/C19H21NO/c1-3-20(4-2)19(21)18-16-11-7-5-9-14(16)13-15-10-6-8-12-17(15)18/h5-12,18H,3-4,13H2,1-2H3. The third kappa shape index (κ3) is 2.35. The first-order valence-electron chi connectivity index (χ1n) is 7.70. The maximum absolute atomic E-state index is 13.0. The monoisotopic (exact) mass is 279 g/mol. The Labute approximate surface area is 126 Å². The van der Waals surface area contributed by atoms with Crippen molar-refractivity contribution in [1.82, 2.24) is 4.90 Å². The van der Waals surface area contributed by atoms with Crippen molar-refractivity contribution in [3.8, 4) is 0 Å². The number of carbonyl (C=O) groups excluding carboxylic acids is 1. The van der Waals surface area contributed by atoms with E-state index >= 15 is 0 Å². The molecule has 0 aliphatic heterocycles. The summed E-state index contributed by atoms with van der Waals surface area (Å²) in [7, 11) is 0. The first kappa shape index (κ1) is 13.9. The summed E-state index contributed by atoms with van der Waals surface area (Å²) in [5.74, 6) is 0.0747. The minimum Gasteiger partial charge on any atom is -0.342 e. The first-order chi connectivity index (χ1) is 10.3. The molecule has 0 spiro atoms. The van der Waals surface area contributed by atoms with Gasteiger partial charge in [-0.2, -0.15) is 0 Å². The van der Waals surface area contributed by atoms with Gasteiger partial charge in [-0.25, -0.2) is 0 Å². The molecule has 2 heteroatoms. The zero-order valence-electron chi connectivity index (χ0n) is 12.7. The molecule has 21 heavy (non-hydrogen) atoms. The van der Waals surface area contributed by atoms with Crippen LogP contribution in [0.15, 0.2) is 48.5 Å². The topological polar surface area (TPSA) is 20.3 Å². The lowest BCUT2D eigenvalue weighted by atomic mass is 9.77. The fourth-order valence-electron chi connectivity index (χ4n) is 3.31. The van der Waals surface area contributed by atoms with Gasteiger partial charge in [-0.05, 0) is 42.5 Å². The molecule has 1 aliphatic rings. The largest absolute Gasteiger partial charge is 0.342 e. The van der Waals surface area contributed by atoms with Crippen LogP contribution in [0.4, 0.5) is 0 Å². The van der Waals surface area contributed by atoms with Gasteiger partial charge in [-0.15, -0.1) is 0 Å². The highest BCUT2D eigenvalue weighted by molar-refractivity contribution is 5.88. The summed E-state index contributed by atoms with van der Waals surface area (Å²) in [5, 5.41) is 0. The highest BCUT2D eigenvalue weighted by Gasteiger charge is 2.32. The van der Waals surface area contributed by atoms with Gasteiger partial charge in [0.2, 0.25) is 5.91 Å². The Hall–Kier alpha value is -2.09. The van der Waals surface area contributed by atoms with Crippen molar-refractivity contribution in [2.75, 3.05) is 13.1 Å². The number of benzene rings is 2. The van der Waals surface area contributed by atoms with Gasteiger partial charge in [0.1, 0.15) is 0 Å². The van der Waals surface area contributed by atoms with Crippen LogP contribution in [0.5, 0.6) is 0 Å². The van der Waals surface area contributed by atoms with E-state index in [9.17, 15) is 4.79 Å². The average Bonchev–Trinajstić information content (AvgIpc) is 2.53. The minimum atomic E-state index is -0.147. The molecule has 0 saturated carbocycles. The van der Waals surface area contributed by atoms with Crippen LogP contribution in [0, 0.1) is 0 Å². The number of carbonyl (C=O) groups is 1. The molecule has 2 aromatic carbocycles. The van der Waals surface area contributed by atoms with E-state index in [-0.39, 0.29) is 11.8 Å². The fourth-order valence-corrected chi connectivity index (χ4v) is 3.31. The number of likely N-dealkylation sites (N-methyl/N-ethyl adjacent to an activating group) is 1.